The van der Waals surface area contributed by atoms with Gasteiger partial charge in [0.25, 0.3) is 0 Å². The minimum absolute atomic E-state index is 0.0498. The van der Waals surface area contributed by atoms with Crippen molar-refractivity contribution < 1.29 is 9.59 Å². The van der Waals surface area contributed by atoms with Crippen LogP contribution in [-0.2, 0) is 9.59 Å². The number of nitrogens with zero attached hydrogens (tertiary/aromatic N) is 1. The van der Waals surface area contributed by atoms with Crippen LogP contribution in [0, 0.1) is 0 Å². The Morgan fingerprint density at radius 3 is 2.13 bits per heavy atom. The van der Waals surface area contributed by atoms with Crippen molar-refractivity contribution in [1.82, 2.24) is 5.32 Å². The van der Waals surface area contributed by atoms with Crippen molar-refractivity contribution in [3.8, 4) is 0 Å². The molecule has 1 unspecified atom stereocenters. The Labute approximate surface area is 137 Å². The van der Waals surface area contributed by atoms with Crippen LogP contribution in [0.25, 0.3) is 0 Å². The predicted molar refractivity (Wildman–Crippen MR) is 92.1 cm³/mol. The summed E-state index contributed by atoms with van der Waals surface area (Å²) >= 11 is 0. The summed E-state index contributed by atoms with van der Waals surface area (Å²) in [4.78, 5) is 25.5. The minimum Gasteiger partial charge on any atom is -0.350 e. The summed E-state index contributed by atoms with van der Waals surface area (Å²) in [6, 6.07) is 19.2. The van der Waals surface area contributed by atoms with Crippen molar-refractivity contribution in [3.63, 3.8) is 0 Å². The predicted octanol–water partition coefficient (Wildman–Crippen LogP) is 3.31. The molecule has 0 fully saturated rings. The molecule has 4 nitrogen and oxygen atoms in total. The smallest absolute Gasteiger partial charge is 0.223 e. The van der Waals surface area contributed by atoms with Crippen LogP contribution in [0.2, 0.25) is 0 Å². The molecule has 2 aromatic rings. The number of benzene rings is 2. The van der Waals surface area contributed by atoms with Gasteiger partial charge in [-0.05, 0) is 24.6 Å². The normalized spacial score (nSPS) is 11.6. The summed E-state index contributed by atoms with van der Waals surface area (Å²) in [5.41, 5.74) is 1.87. The van der Waals surface area contributed by atoms with Gasteiger partial charge in [-0.25, -0.2) is 0 Å². The summed E-state index contributed by atoms with van der Waals surface area (Å²) in [5.74, 6) is -0.136. The van der Waals surface area contributed by atoms with Gasteiger partial charge in [-0.3, -0.25) is 9.59 Å². The number of carbonyl (C=O) groups excluding carboxylic acids is 2. The van der Waals surface area contributed by atoms with Gasteiger partial charge in [0.05, 0.1) is 6.04 Å². The number of hydrogen-bond donors (Lipinski definition) is 1. The molecule has 0 saturated heterocycles. The highest BCUT2D eigenvalue weighted by Crippen LogP contribution is 2.15. The van der Waals surface area contributed by atoms with Gasteiger partial charge >= 0.3 is 0 Å². The second-order valence-corrected chi connectivity index (χ2v) is 5.46. The van der Waals surface area contributed by atoms with E-state index in [0.29, 0.717) is 6.54 Å². The van der Waals surface area contributed by atoms with E-state index < -0.39 is 0 Å². The van der Waals surface area contributed by atoms with Gasteiger partial charge in [-0.1, -0.05) is 48.5 Å². The minimum atomic E-state index is -0.0693. The molecule has 2 amide bonds. The lowest BCUT2D eigenvalue weighted by molar-refractivity contribution is -0.121. The lowest BCUT2D eigenvalue weighted by Crippen LogP contribution is -2.34. The Bertz CT molecular complexity index is 641. The first kappa shape index (κ1) is 16.7. The van der Waals surface area contributed by atoms with Gasteiger partial charge in [-0.15, -0.1) is 0 Å². The third kappa shape index (κ3) is 4.95. The van der Waals surface area contributed by atoms with E-state index in [1.54, 1.807) is 4.90 Å². The number of para-hydroxylation sites is 1. The maximum Gasteiger partial charge on any atom is 0.223 e. The molecule has 2 aromatic carbocycles. The molecule has 0 saturated carbocycles. The largest absolute Gasteiger partial charge is 0.350 e. The monoisotopic (exact) mass is 310 g/mol. The summed E-state index contributed by atoms with van der Waals surface area (Å²) in [7, 11) is 0. The van der Waals surface area contributed by atoms with Crippen molar-refractivity contribution in [3.05, 3.63) is 66.2 Å². The van der Waals surface area contributed by atoms with E-state index in [9.17, 15) is 9.59 Å². The van der Waals surface area contributed by atoms with Crippen molar-refractivity contribution in [2.75, 3.05) is 11.4 Å². The molecule has 0 spiro atoms. The molecule has 1 atom stereocenters. The first-order valence-corrected chi connectivity index (χ1v) is 7.75. The Kier molecular flexibility index (Phi) is 5.92. The zero-order valence-corrected chi connectivity index (χ0v) is 13.5. The van der Waals surface area contributed by atoms with Crippen LogP contribution in [0.3, 0.4) is 0 Å². The van der Waals surface area contributed by atoms with Gasteiger partial charge < -0.3 is 10.2 Å². The van der Waals surface area contributed by atoms with Gasteiger partial charge in [0, 0.05) is 25.6 Å². The van der Waals surface area contributed by atoms with Crippen molar-refractivity contribution in [1.29, 1.82) is 0 Å². The fraction of sp³-hybridized carbons (Fsp3) is 0.263. The molecule has 120 valence electrons. The first-order valence-electron chi connectivity index (χ1n) is 7.75. The maximum absolute atomic E-state index is 12.1. The van der Waals surface area contributed by atoms with E-state index >= 15 is 0 Å². The third-order valence-corrected chi connectivity index (χ3v) is 3.69. The van der Waals surface area contributed by atoms with E-state index in [-0.39, 0.29) is 24.3 Å². The Morgan fingerprint density at radius 2 is 1.57 bits per heavy atom. The van der Waals surface area contributed by atoms with Crippen LogP contribution in [0.15, 0.2) is 60.7 Å². The second-order valence-electron chi connectivity index (χ2n) is 5.46. The zero-order chi connectivity index (χ0) is 16.7. The number of amides is 2. The van der Waals surface area contributed by atoms with Crippen molar-refractivity contribution in [2.45, 2.75) is 26.3 Å². The van der Waals surface area contributed by atoms with Crippen LogP contribution in [-0.4, -0.2) is 18.4 Å². The molecule has 1 N–H and O–H groups in total. The Morgan fingerprint density at radius 1 is 1.00 bits per heavy atom. The Balaban J connectivity index is 1.91. The van der Waals surface area contributed by atoms with Gasteiger partial charge in [0.15, 0.2) is 0 Å². The molecule has 0 bridgehead atoms. The SMILES string of the molecule is CC(=O)N(CCC(=O)NC(C)c1ccccc1)c1ccccc1. The topological polar surface area (TPSA) is 49.4 Å². The van der Waals surface area contributed by atoms with E-state index in [1.807, 2.05) is 67.6 Å². The fourth-order valence-corrected chi connectivity index (χ4v) is 2.43. The third-order valence-electron chi connectivity index (χ3n) is 3.69. The van der Waals surface area contributed by atoms with Crippen LogP contribution in [0.1, 0.15) is 31.9 Å². The second kappa shape index (κ2) is 8.13. The van der Waals surface area contributed by atoms with Gasteiger partial charge in [0.1, 0.15) is 0 Å². The van der Waals surface area contributed by atoms with E-state index in [0.717, 1.165) is 11.3 Å². The van der Waals surface area contributed by atoms with Crippen LogP contribution in [0.5, 0.6) is 0 Å². The lowest BCUT2D eigenvalue weighted by Gasteiger charge is -2.21. The zero-order valence-electron chi connectivity index (χ0n) is 13.5. The summed E-state index contributed by atoms with van der Waals surface area (Å²) in [5, 5.41) is 2.97. The molecule has 0 heterocycles. The molecule has 0 aliphatic rings. The highest BCUT2D eigenvalue weighted by atomic mass is 16.2. The molecular formula is C19H22N2O2. The summed E-state index contributed by atoms with van der Waals surface area (Å²) in [6.07, 6.45) is 0.269. The number of hydrogen-bond acceptors (Lipinski definition) is 2. The highest BCUT2D eigenvalue weighted by molar-refractivity contribution is 5.92. The quantitative estimate of drug-likeness (QED) is 0.890. The molecule has 0 aliphatic heterocycles. The molecule has 0 aliphatic carbocycles. The molecule has 2 rings (SSSR count). The summed E-state index contributed by atoms with van der Waals surface area (Å²) in [6.45, 7) is 3.83. The first-order chi connectivity index (χ1) is 11.1. The number of rotatable bonds is 6. The molecular weight excluding hydrogens is 288 g/mol. The summed E-state index contributed by atoms with van der Waals surface area (Å²) < 4.78 is 0. The van der Waals surface area contributed by atoms with E-state index in [2.05, 4.69) is 5.32 Å². The van der Waals surface area contributed by atoms with E-state index in [4.69, 9.17) is 0 Å². The standard InChI is InChI=1S/C19H22N2O2/c1-15(17-9-5-3-6-10-17)20-19(23)13-14-21(16(2)22)18-11-7-4-8-12-18/h3-12,15H,13-14H2,1-2H3,(H,20,23). The maximum atomic E-state index is 12.1. The van der Waals surface area contributed by atoms with Gasteiger partial charge in [-0.2, -0.15) is 0 Å². The molecule has 4 heteroatoms. The average molecular weight is 310 g/mol. The van der Waals surface area contributed by atoms with Crippen molar-refractivity contribution >= 4 is 17.5 Å². The number of carbonyl (C=O) groups is 2. The van der Waals surface area contributed by atoms with Crippen LogP contribution in [0.4, 0.5) is 5.69 Å². The molecule has 0 radical (unpaired) electrons. The van der Waals surface area contributed by atoms with E-state index in [1.165, 1.54) is 6.92 Å². The Hall–Kier alpha value is -2.62. The lowest BCUT2D eigenvalue weighted by atomic mass is 10.1. The average Bonchev–Trinajstić information content (AvgIpc) is 2.56. The van der Waals surface area contributed by atoms with Gasteiger partial charge in [0.2, 0.25) is 11.8 Å². The number of anilines is 1. The molecule has 0 aromatic heterocycles. The number of nitrogens with one attached hydrogen (secondary N) is 1. The van der Waals surface area contributed by atoms with Crippen LogP contribution >= 0.6 is 0 Å². The molecule has 23 heavy (non-hydrogen) atoms. The highest BCUT2D eigenvalue weighted by Gasteiger charge is 2.14. The van der Waals surface area contributed by atoms with Crippen LogP contribution < -0.4 is 10.2 Å². The fourth-order valence-electron chi connectivity index (χ4n) is 2.43. The van der Waals surface area contributed by atoms with Crippen molar-refractivity contribution in [2.24, 2.45) is 0 Å².